The van der Waals surface area contributed by atoms with Crippen molar-refractivity contribution in [2.24, 2.45) is 5.73 Å². The molecule has 0 aliphatic carbocycles. The molecule has 1 aromatic heterocycles. The highest BCUT2D eigenvalue weighted by Crippen LogP contribution is 2.38. The van der Waals surface area contributed by atoms with E-state index in [1.807, 2.05) is 0 Å². The first-order valence-electron chi connectivity index (χ1n) is 8.74. The normalized spacial score (nSPS) is 12.6. The van der Waals surface area contributed by atoms with Gasteiger partial charge >= 0.3 is 6.18 Å². The van der Waals surface area contributed by atoms with Crippen LogP contribution in [0.1, 0.15) is 5.76 Å². The molecule has 3 N–H and O–H groups in total. The molecule has 0 saturated heterocycles. The first kappa shape index (κ1) is 21.5. The number of aliphatic hydroxyl groups is 1. The van der Waals surface area contributed by atoms with Gasteiger partial charge in [-0.2, -0.15) is 13.2 Å². The maximum absolute atomic E-state index is 13.6. The highest BCUT2D eigenvalue weighted by atomic mass is 19.4. The molecule has 2 aromatic carbocycles. The third-order valence-electron chi connectivity index (χ3n) is 4.07. The number of alkyl halides is 3. The third-order valence-corrected chi connectivity index (χ3v) is 4.07. The molecule has 7 nitrogen and oxygen atoms in total. The van der Waals surface area contributed by atoms with Gasteiger partial charge in [0.2, 0.25) is 11.2 Å². The van der Waals surface area contributed by atoms with Crippen molar-refractivity contribution in [1.82, 2.24) is 0 Å². The van der Waals surface area contributed by atoms with E-state index in [-0.39, 0.29) is 35.6 Å². The molecule has 30 heavy (non-hydrogen) atoms. The van der Waals surface area contributed by atoms with Gasteiger partial charge in [-0.05, 0) is 36.4 Å². The van der Waals surface area contributed by atoms with Crippen LogP contribution in [0.25, 0.3) is 11.0 Å². The molecule has 10 heteroatoms. The Bertz CT molecular complexity index is 1080. The molecule has 0 amide bonds. The van der Waals surface area contributed by atoms with Gasteiger partial charge in [0.15, 0.2) is 0 Å². The maximum atomic E-state index is 13.6. The third kappa shape index (κ3) is 4.66. The van der Waals surface area contributed by atoms with E-state index < -0.39 is 29.2 Å². The highest BCUT2D eigenvalue weighted by Gasteiger charge is 2.40. The number of rotatable bonds is 7. The second-order valence-electron chi connectivity index (χ2n) is 6.22. The highest BCUT2D eigenvalue weighted by molar-refractivity contribution is 5.79. The first-order valence-corrected chi connectivity index (χ1v) is 8.74. The van der Waals surface area contributed by atoms with Crippen molar-refractivity contribution in [3.63, 3.8) is 0 Å². The van der Waals surface area contributed by atoms with Gasteiger partial charge in [-0.25, -0.2) is 0 Å². The van der Waals surface area contributed by atoms with Crippen LogP contribution < -0.4 is 25.4 Å². The Kier molecular flexibility index (Phi) is 6.18. The average molecular weight is 425 g/mol. The lowest BCUT2D eigenvalue weighted by Gasteiger charge is -2.14. The topological polar surface area (TPSA) is 104 Å². The molecule has 0 saturated carbocycles. The van der Waals surface area contributed by atoms with Crippen molar-refractivity contribution < 1.29 is 36.9 Å². The number of hydrogen-bond acceptors (Lipinski definition) is 7. The van der Waals surface area contributed by atoms with E-state index in [1.165, 1.54) is 43.5 Å². The fraction of sp³-hybridized carbons (Fsp3) is 0.250. The predicted octanol–water partition coefficient (Wildman–Crippen LogP) is 3.31. The molecule has 3 aromatic rings. The number of methoxy groups -OCH3 is 1. The summed E-state index contributed by atoms with van der Waals surface area (Å²) in [4.78, 5) is 12.7. The number of aliphatic hydroxyl groups excluding tert-OH is 1. The van der Waals surface area contributed by atoms with Crippen LogP contribution >= 0.6 is 0 Å². The Morgan fingerprint density at radius 3 is 2.33 bits per heavy atom. The summed E-state index contributed by atoms with van der Waals surface area (Å²) in [5.74, 6) is -1.97. The number of benzene rings is 2. The Balaban J connectivity index is 2.05. The summed E-state index contributed by atoms with van der Waals surface area (Å²) < 4.78 is 61.2. The van der Waals surface area contributed by atoms with E-state index in [9.17, 15) is 23.1 Å². The molecule has 0 fully saturated rings. The number of nitrogens with two attached hydrogens (primary N) is 1. The minimum Gasteiger partial charge on any atom is -0.497 e. The first-order chi connectivity index (χ1) is 14.2. The van der Waals surface area contributed by atoms with Gasteiger partial charge in [0.05, 0.1) is 12.5 Å². The standard InChI is InChI=1S/C20H18F3NO6/c1-27-12-2-4-13(5-3-12)29-18-17(26)15-7-6-14(28-10-11(25)9-24)8-16(15)30-19(18)20(21,22)23/h2-8,11,25H,9-10,24H2,1H3. The lowest BCUT2D eigenvalue weighted by molar-refractivity contribution is -0.154. The van der Waals surface area contributed by atoms with Crippen LogP contribution in [0.4, 0.5) is 13.2 Å². The van der Waals surface area contributed by atoms with Crippen molar-refractivity contribution in [2.45, 2.75) is 12.3 Å². The van der Waals surface area contributed by atoms with Gasteiger partial charge in [0, 0.05) is 12.6 Å². The van der Waals surface area contributed by atoms with Gasteiger partial charge in [-0.1, -0.05) is 0 Å². The summed E-state index contributed by atoms with van der Waals surface area (Å²) in [6.45, 7) is -0.218. The van der Waals surface area contributed by atoms with Crippen LogP contribution in [-0.2, 0) is 6.18 Å². The summed E-state index contributed by atoms with van der Waals surface area (Å²) in [6.07, 6.45) is -5.93. The van der Waals surface area contributed by atoms with Crippen molar-refractivity contribution in [3.05, 3.63) is 58.4 Å². The zero-order chi connectivity index (χ0) is 21.9. The summed E-state index contributed by atoms with van der Waals surface area (Å²) in [5.41, 5.74) is 3.94. The molecule has 0 spiro atoms. The molecule has 0 aliphatic rings. The number of halogens is 3. The van der Waals surface area contributed by atoms with E-state index in [0.29, 0.717) is 5.75 Å². The molecule has 0 aliphatic heterocycles. The zero-order valence-corrected chi connectivity index (χ0v) is 15.7. The Morgan fingerprint density at radius 1 is 1.10 bits per heavy atom. The fourth-order valence-electron chi connectivity index (χ4n) is 2.55. The maximum Gasteiger partial charge on any atom is 0.453 e. The van der Waals surface area contributed by atoms with Crippen LogP contribution in [0.2, 0.25) is 0 Å². The van der Waals surface area contributed by atoms with Crippen LogP contribution in [-0.4, -0.2) is 31.5 Å². The predicted molar refractivity (Wildman–Crippen MR) is 101 cm³/mol. The Labute approximate surface area is 168 Å². The lowest BCUT2D eigenvalue weighted by Crippen LogP contribution is -2.26. The zero-order valence-electron chi connectivity index (χ0n) is 15.7. The van der Waals surface area contributed by atoms with E-state index in [2.05, 4.69) is 0 Å². The monoisotopic (exact) mass is 425 g/mol. The molecular formula is C20H18F3NO6. The van der Waals surface area contributed by atoms with Gasteiger partial charge in [-0.3, -0.25) is 4.79 Å². The summed E-state index contributed by atoms with van der Waals surface area (Å²) >= 11 is 0. The SMILES string of the molecule is COc1ccc(Oc2c(C(F)(F)F)oc3cc(OCC(O)CN)ccc3c2=O)cc1. The van der Waals surface area contributed by atoms with Gasteiger partial charge in [0.1, 0.15) is 35.5 Å². The van der Waals surface area contributed by atoms with Gasteiger partial charge < -0.3 is 29.5 Å². The molecule has 1 heterocycles. The van der Waals surface area contributed by atoms with Crippen LogP contribution in [0.15, 0.2) is 51.7 Å². The summed E-state index contributed by atoms with van der Waals surface area (Å²) in [6, 6.07) is 9.44. The van der Waals surface area contributed by atoms with Gasteiger partial charge in [0.25, 0.3) is 5.76 Å². The quantitative estimate of drug-likeness (QED) is 0.599. The van der Waals surface area contributed by atoms with Gasteiger partial charge in [-0.15, -0.1) is 0 Å². The Hall–Kier alpha value is -3.24. The Morgan fingerprint density at radius 2 is 1.73 bits per heavy atom. The van der Waals surface area contributed by atoms with Crippen LogP contribution in [0.5, 0.6) is 23.0 Å². The lowest BCUT2D eigenvalue weighted by atomic mass is 10.2. The largest absolute Gasteiger partial charge is 0.497 e. The minimum absolute atomic E-state index is 0.00340. The van der Waals surface area contributed by atoms with E-state index in [1.54, 1.807) is 0 Å². The molecule has 0 bridgehead atoms. The minimum atomic E-state index is -4.98. The fourth-order valence-corrected chi connectivity index (χ4v) is 2.55. The number of hydrogen-bond donors (Lipinski definition) is 2. The average Bonchev–Trinajstić information content (AvgIpc) is 2.73. The smallest absolute Gasteiger partial charge is 0.453 e. The number of ether oxygens (including phenoxy) is 3. The number of fused-ring (bicyclic) bond motifs is 1. The second kappa shape index (κ2) is 8.64. The van der Waals surface area contributed by atoms with E-state index >= 15 is 0 Å². The second-order valence-corrected chi connectivity index (χ2v) is 6.22. The van der Waals surface area contributed by atoms with Crippen molar-refractivity contribution >= 4 is 11.0 Å². The van der Waals surface area contributed by atoms with E-state index in [4.69, 9.17) is 24.4 Å². The van der Waals surface area contributed by atoms with Crippen molar-refractivity contribution in [3.8, 4) is 23.0 Å². The van der Waals surface area contributed by atoms with E-state index in [0.717, 1.165) is 6.07 Å². The molecular weight excluding hydrogens is 407 g/mol. The summed E-state index contributed by atoms with van der Waals surface area (Å²) in [7, 11) is 1.43. The van der Waals surface area contributed by atoms with Crippen molar-refractivity contribution in [2.75, 3.05) is 20.3 Å². The van der Waals surface area contributed by atoms with Crippen LogP contribution in [0.3, 0.4) is 0 Å². The molecule has 1 unspecified atom stereocenters. The van der Waals surface area contributed by atoms with Crippen LogP contribution in [0, 0.1) is 0 Å². The molecule has 1 atom stereocenters. The summed E-state index contributed by atoms with van der Waals surface area (Å²) in [5, 5.41) is 9.31. The van der Waals surface area contributed by atoms with Crippen molar-refractivity contribution in [1.29, 1.82) is 0 Å². The molecule has 160 valence electrons. The molecule has 0 radical (unpaired) electrons. The molecule has 3 rings (SSSR count).